The third kappa shape index (κ3) is 3.82. The Labute approximate surface area is 209 Å². The average Bonchev–Trinajstić information content (AvgIpc) is 2.83. The highest BCUT2D eigenvalue weighted by Gasteiger charge is 2.57. The molecule has 0 spiro atoms. The molecule has 2 fully saturated rings. The highest BCUT2D eigenvalue weighted by molar-refractivity contribution is 6.03. The maximum Gasteiger partial charge on any atom is 0.328 e. The number of nitrogens with zero attached hydrogens (tertiary/aromatic N) is 2. The number of rotatable bonds is 4. The summed E-state index contributed by atoms with van der Waals surface area (Å²) in [5.74, 6) is -1.92. The van der Waals surface area contributed by atoms with Gasteiger partial charge in [0.05, 0.1) is 0 Å². The van der Waals surface area contributed by atoms with Gasteiger partial charge in [0, 0.05) is 64.1 Å². The zero-order valence-electron chi connectivity index (χ0n) is 20.6. The van der Waals surface area contributed by atoms with Crippen LogP contribution in [-0.2, 0) is 32.0 Å². The van der Waals surface area contributed by atoms with Gasteiger partial charge in [-0.1, -0.05) is 48.5 Å². The maximum atomic E-state index is 13.7. The van der Waals surface area contributed by atoms with E-state index < -0.39 is 23.1 Å². The number of cyclic esters (lactones) is 2. The molecule has 0 saturated carbocycles. The lowest BCUT2D eigenvalue weighted by Crippen LogP contribution is -2.61. The summed E-state index contributed by atoms with van der Waals surface area (Å²) in [6.45, 7) is 5.42. The number of esters is 2. The van der Waals surface area contributed by atoms with Gasteiger partial charge in [-0.25, -0.2) is 0 Å². The first kappa shape index (κ1) is 23.0. The molecular formula is C29H30N2O5. The summed E-state index contributed by atoms with van der Waals surface area (Å²) in [6.07, 6.45) is 1.20. The minimum Gasteiger partial charge on any atom is -0.422 e. The van der Waals surface area contributed by atoms with Crippen molar-refractivity contribution in [1.29, 1.82) is 0 Å². The molecule has 7 heteroatoms. The number of pyridine rings is 1. The van der Waals surface area contributed by atoms with Crippen molar-refractivity contribution in [3.63, 3.8) is 0 Å². The Morgan fingerprint density at radius 2 is 1.58 bits per heavy atom. The molecule has 1 aromatic heterocycles. The van der Waals surface area contributed by atoms with Gasteiger partial charge in [0.1, 0.15) is 0 Å². The zero-order chi connectivity index (χ0) is 25.1. The molecule has 4 heterocycles. The Morgan fingerprint density at radius 1 is 0.861 bits per heavy atom. The van der Waals surface area contributed by atoms with Crippen LogP contribution < -0.4 is 5.56 Å². The van der Waals surface area contributed by atoms with Crippen molar-refractivity contribution in [1.82, 2.24) is 9.47 Å². The second-order valence-corrected chi connectivity index (χ2v) is 11.0. The molecule has 3 aliphatic rings. The Bertz CT molecular complexity index is 1400. The van der Waals surface area contributed by atoms with Crippen LogP contribution in [0.5, 0.6) is 0 Å². The number of aromatic nitrogens is 1. The predicted octanol–water partition coefficient (Wildman–Crippen LogP) is 3.49. The summed E-state index contributed by atoms with van der Waals surface area (Å²) < 4.78 is 13.3. The van der Waals surface area contributed by atoms with Crippen LogP contribution in [0.3, 0.4) is 0 Å². The smallest absolute Gasteiger partial charge is 0.328 e. The largest absolute Gasteiger partial charge is 0.422 e. The van der Waals surface area contributed by atoms with Crippen molar-refractivity contribution in [3.8, 4) is 0 Å². The molecule has 6 rings (SSSR count). The van der Waals surface area contributed by atoms with Gasteiger partial charge in [0.2, 0.25) is 0 Å². The van der Waals surface area contributed by atoms with Crippen molar-refractivity contribution in [2.45, 2.75) is 44.9 Å². The van der Waals surface area contributed by atoms with Crippen LogP contribution in [0.2, 0.25) is 0 Å². The van der Waals surface area contributed by atoms with Crippen molar-refractivity contribution < 1.29 is 19.1 Å². The van der Waals surface area contributed by atoms with E-state index in [0.717, 1.165) is 28.5 Å². The van der Waals surface area contributed by atoms with Gasteiger partial charge in [0.25, 0.3) is 11.3 Å². The van der Waals surface area contributed by atoms with Crippen LogP contribution >= 0.6 is 0 Å². The first-order valence-corrected chi connectivity index (χ1v) is 12.6. The molecule has 3 aromatic rings. The fraction of sp³-hybridized carbons (Fsp3) is 0.414. The Hall–Kier alpha value is -3.45. The molecule has 2 bridgehead atoms. The van der Waals surface area contributed by atoms with Gasteiger partial charge in [-0.15, -0.1) is 0 Å². The van der Waals surface area contributed by atoms with E-state index in [2.05, 4.69) is 4.90 Å². The maximum absolute atomic E-state index is 13.7. The van der Waals surface area contributed by atoms with Gasteiger partial charge in [-0.3, -0.25) is 14.4 Å². The third-order valence-electron chi connectivity index (χ3n) is 7.88. The number of ether oxygens (including phenoxy) is 2. The van der Waals surface area contributed by atoms with Gasteiger partial charge in [0.15, 0.2) is 5.41 Å². The van der Waals surface area contributed by atoms with Crippen LogP contribution in [0, 0.1) is 11.3 Å². The summed E-state index contributed by atoms with van der Waals surface area (Å²) in [6, 6.07) is 19.4. The van der Waals surface area contributed by atoms with E-state index in [0.29, 0.717) is 19.6 Å². The fourth-order valence-electron chi connectivity index (χ4n) is 6.35. The third-order valence-corrected chi connectivity index (χ3v) is 7.88. The minimum atomic E-state index is -1.47. The highest BCUT2D eigenvalue weighted by Crippen LogP contribution is 2.41. The van der Waals surface area contributed by atoms with Crippen LogP contribution in [-0.4, -0.2) is 46.8 Å². The SMILES string of the molecule is CC1(C)OC(=O)C(Cc2cccc3ccccc23)(CN2CC3CC(C2)c2cccc(=O)n2C3)C(=O)O1. The number of hydrogen-bond donors (Lipinski definition) is 0. The molecule has 3 aliphatic heterocycles. The molecule has 7 nitrogen and oxygen atoms in total. The van der Waals surface area contributed by atoms with Crippen LogP contribution in [0.4, 0.5) is 0 Å². The van der Waals surface area contributed by atoms with E-state index >= 15 is 0 Å². The minimum absolute atomic E-state index is 0.0322. The molecule has 186 valence electrons. The number of benzene rings is 2. The summed E-state index contributed by atoms with van der Waals surface area (Å²) in [5, 5.41) is 2.06. The summed E-state index contributed by atoms with van der Waals surface area (Å²) in [5.41, 5.74) is 0.504. The number of hydrogen-bond acceptors (Lipinski definition) is 6. The molecule has 2 atom stereocenters. The zero-order valence-corrected chi connectivity index (χ0v) is 20.6. The summed E-state index contributed by atoms with van der Waals surface area (Å²) in [4.78, 5) is 41.9. The Kier molecular flexibility index (Phi) is 5.30. The van der Waals surface area contributed by atoms with E-state index in [1.165, 1.54) is 0 Å². The van der Waals surface area contributed by atoms with Crippen molar-refractivity contribution >= 4 is 22.7 Å². The quantitative estimate of drug-likeness (QED) is 0.415. The lowest BCUT2D eigenvalue weighted by Gasteiger charge is -2.47. The van der Waals surface area contributed by atoms with E-state index in [1.807, 2.05) is 59.2 Å². The second-order valence-electron chi connectivity index (χ2n) is 11.0. The molecule has 0 aliphatic carbocycles. The van der Waals surface area contributed by atoms with E-state index in [4.69, 9.17) is 9.47 Å². The number of fused-ring (bicyclic) bond motifs is 5. The molecule has 2 unspecified atom stereocenters. The summed E-state index contributed by atoms with van der Waals surface area (Å²) >= 11 is 0. The Morgan fingerprint density at radius 3 is 2.39 bits per heavy atom. The predicted molar refractivity (Wildman–Crippen MR) is 134 cm³/mol. The van der Waals surface area contributed by atoms with Gasteiger partial charge >= 0.3 is 11.9 Å². The molecular weight excluding hydrogens is 456 g/mol. The van der Waals surface area contributed by atoms with E-state index in [-0.39, 0.29) is 30.4 Å². The molecule has 0 N–H and O–H groups in total. The number of piperidine rings is 1. The molecule has 36 heavy (non-hydrogen) atoms. The highest BCUT2D eigenvalue weighted by atomic mass is 16.7. The van der Waals surface area contributed by atoms with Crippen LogP contribution in [0.1, 0.15) is 37.4 Å². The first-order chi connectivity index (χ1) is 17.2. The standard InChI is InChI=1S/C29H30N2O5/c1-28(2)35-26(33)29(27(34)36-28,14-21-9-5-8-20-7-3-4-10-23(20)21)18-30-15-19-13-22(17-30)24-11-6-12-25(32)31(24)16-19/h3-12,19,22H,13-18H2,1-2H3. The lowest BCUT2D eigenvalue weighted by atomic mass is 9.77. The van der Waals surface area contributed by atoms with E-state index in [1.54, 1.807) is 19.9 Å². The number of carbonyl (C=O) groups excluding carboxylic acids is 2. The fourth-order valence-corrected chi connectivity index (χ4v) is 6.35. The van der Waals surface area contributed by atoms with Crippen LogP contribution in [0.15, 0.2) is 65.5 Å². The monoisotopic (exact) mass is 486 g/mol. The van der Waals surface area contributed by atoms with Gasteiger partial charge in [-0.05, 0) is 34.7 Å². The summed E-state index contributed by atoms with van der Waals surface area (Å²) in [7, 11) is 0. The molecule has 2 aromatic carbocycles. The number of likely N-dealkylation sites (tertiary alicyclic amines) is 1. The topological polar surface area (TPSA) is 77.8 Å². The van der Waals surface area contributed by atoms with Gasteiger partial charge in [-0.2, -0.15) is 0 Å². The van der Waals surface area contributed by atoms with Gasteiger partial charge < -0.3 is 18.9 Å². The second kappa shape index (κ2) is 8.30. The average molecular weight is 487 g/mol. The lowest BCUT2D eigenvalue weighted by molar-refractivity contribution is -0.252. The first-order valence-electron chi connectivity index (χ1n) is 12.6. The molecule has 0 amide bonds. The van der Waals surface area contributed by atoms with E-state index in [9.17, 15) is 14.4 Å². The van der Waals surface area contributed by atoms with Crippen molar-refractivity contribution in [2.75, 3.05) is 19.6 Å². The molecule has 2 saturated heterocycles. The van der Waals surface area contributed by atoms with Crippen molar-refractivity contribution in [3.05, 3.63) is 82.3 Å². The number of carbonyl (C=O) groups is 2. The molecule has 0 radical (unpaired) electrons. The Balaban J connectivity index is 1.37. The normalized spacial score (nSPS) is 24.6. The van der Waals surface area contributed by atoms with Crippen LogP contribution in [0.25, 0.3) is 10.8 Å². The van der Waals surface area contributed by atoms with Crippen molar-refractivity contribution in [2.24, 2.45) is 11.3 Å².